The maximum Gasteiger partial charge on any atom is 0.167 e. The number of aliphatic hydroxyl groups excluding tert-OH is 3. The lowest BCUT2D eigenvalue weighted by atomic mass is 10.1. The van der Waals surface area contributed by atoms with Crippen molar-refractivity contribution < 1.29 is 24.8 Å². The van der Waals surface area contributed by atoms with Crippen molar-refractivity contribution in [3.63, 3.8) is 0 Å². The van der Waals surface area contributed by atoms with Crippen molar-refractivity contribution in [3.05, 3.63) is 48.0 Å². The van der Waals surface area contributed by atoms with Crippen LogP contribution in [-0.2, 0) is 16.1 Å². The van der Waals surface area contributed by atoms with Crippen LogP contribution in [0.4, 0.5) is 5.82 Å². The minimum Gasteiger partial charge on any atom is -0.394 e. The van der Waals surface area contributed by atoms with Gasteiger partial charge >= 0.3 is 0 Å². The maximum absolute atomic E-state index is 10.4. The highest BCUT2D eigenvalue weighted by Gasteiger charge is 2.44. The molecule has 0 radical (unpaired) electrons. The third-order valence-corrected chi connectivity index (χ3v) is 6.51. The molecular formula is C23H29N5O5. The van der Waals surface area contributed by atoms with Crippen LogP contribution >= 0.6 is 0 Å². The third kappa shape index (κ3) is 4.32. The van der Waals surface area contributed by atoms with Gasteiger partial charge in [0, 0.05) is 0 Å². The molecule has 1 aromatic carbocycles. The molecule has 0 spiro atoms. The van der Waals surface area contributed by atoms with Crippen molar-refractivity contribution in [3.8, 4) is 0 Å². The Morgan fingerprint density at radius 3 is 2.70 bits per heavy atom. The molecule has 1 saturated carbocycles. The summed E-state index contributed by atoms with van der Waals surface area (Å²) in [6.45, 7) is 2.23. The van der Waals surface area contributed by atoms with Crippen LogP contribution in [0, 0.1) is 6.92 Å². The van der Waals surface area contributed by atoms with E-state index in [1.165, 1.54) is 18.2 Å². The summed E-state index contributed by atoms with van der Waals surface area (Å²) in [4.78, 5) is 13.1. The number of nitrogens with one attached hydrogen (secondary N) is 1. The highest BCUT2D eigenvalue weighted by atomic mass is 16.6. The van der Waals surface area contributed by atoms with Crippen molar-refractivity contribution in [1.29, 1.82) is 0 Å². The summed E-state index contributed by atoms with van der Waals surface area (Å²) in [5, 5.41) is 33.3. The minimum absolute atomic E-state index is 0.0545. The minimum atomic E-state index is -1.21. The molecule has 1 aliphatic heterocycles. The predicted molar refractivity (Wildman–Crippen MR) is 119 cm³/mol. The molecule has 2 aliphatic rings. The van der Waals surface area contributed by atoms with Crippen molar-refractivity contribution >= 4 is 17.0 Å². The molecule has 1 aliphatic carbocycles. The van der Waals surface area contributed by atoms with Gasteiger partial charge in [-0.25, -0.2) is 15.0 Å². The lowest BCUT2D eigenvalue weighted by Crippen LogP contribution is -2.33. The van der Waals surface area contributed by atoms with Crippen LogP contribution in [0.15, 0.2) is 36.9 Å². The Kier molecular flexibility index (Phi) is 6.26. The van der Waals surface area contributed by atoms with Gasteiger partial charge in [-0.05, 0) is 31.7 Å². The van der Waals surface area contributed by atoms with E-state index in [1.807, 2.05) is 0 Å². The molecule has 10 heteroatoms. The zero-order valence-corrected chi connectivity index (χ0v) is 18.4. The fraction of sp³-hybridized carbons (Fsp3) is 0.522. The van der Waals surface area contributed by atoms with Gasteiger partial charge in [0.05, 0.1) is 31.7 Å². The topological polar surface area (TPSA) is 135 Å². The Hall–Kier alpha value is -2.63. The number of benzene rings is 1. The van der Waals surface area contributed by atoms with E-state index in [4.69, 9.17) is 9.47 Å². The monoisotopic (exact) mass is 455 g/mol. The Morgan fingerprint density at radius 2 is 1.94 bits per heavy atom. The Balaban J connectivity index is 1.31. The first-order valence-corrected chi connectivity index (χ1v) is 11.3. The molecule has 6 atom stereocenters. The predicted octanol–water partition coefficient (Wildman–Crippen LogP) is 1.30. The van der Waals surface area contributed by atoms with Crippen LogP contribution in [0.1, 0.15) is 36.6 Å². The van der Waals surface area contributed by atoms with Crippen molar-refractivity contribution in [1.82, 2.24) is 19.5 Å². The van der Waals surface area contributed by atoms with Gasteiger partial charge in [0.15, 0.2) is 23.2 Å². The molecule has 0 amide bonds. The third-order valence-electron chi connectivity index (χ3n) is 6.51. The molecule has 33 heavy (non-hydrogen) atoms. The standard InChI is InChI=1S/C23H29N5O5/c1-13-5-7-14(8-6-13)10-32-16-4-2-3-15(16)27-21-18-22(25-11-24-21)28(12-26-18)23-20(31)19(30)17(9-29)33-23/h5-8,11-12,15-17,19-20,23,29-31H,2-4,9-10H2,1H3,(H,24,25,27)/t15-,16?,17?,19+,20+,23?/m0/s1. The summed E-state index contributed by atoms with van der Waals surface area (Å²) >= 11 is 0. The fourth-order valence-electron chi connectivity index (χ4n) is 4.61. The van der Waals surface area contributed by atoms with Gasteiger partial charge in [0.25, 0.3) is 0 Å². The molecular weight excluding hydrogens is 426 g/mol. The van der Waals surface area contributed by atoms with Crippen LogP contribution in [0.3, 0.4) is 0 Å². The van der Waals surface area contributed by atoms with Gasteiger partial charge in [-0.1, -0.05) is 29.8 Å². The average molecular weight is 456 g/mol. The molecule has 2 fully saturated rings. The second-order valence-electron chi connectivity index (χ2n) is 8.79. The molecule has 176 valence electrons. The molecule has 2 aromatic heterocycles. The Morgan fingerprint density at radius 1 is 1.12 bits per heavy atom. The molecule has 3 aromatic rings. The summed E-state index contributed by atoms with van der Waals surface area (Å²) < 4.78 is 13.4. The van der Waals surface area contributed by atoms with Gasteiger partial charge in [-0.3, -0.25) is 4.57 Å². The number of nitrogens with zero attached hydrogens (tertiary/aromatic N) is 4. The summed E-state index contributed by atoms with van der Waals surface area (Å²) in [6.07, 6.45) is 1.80. The number of aliphatic hydroxyl groups is 3. The molecule has 3 unspecified atom stereocenters. The smallest absolute Gasteiger partial charge is 0.167 e. The Bertz CT molecular complexity index is 1090. The van der Waals surface area contributed by atoms with Crippen LogP contribution in [-0.4, -0.2) is 71.9 Å². The average Bonchev–Trinajstić information content (AvgIpc) is 3.52. The maximum atomic E-state index is 10.4. The van der Waals surface area contributed by atoms with Crippen LogP contribution < -0.4 is 5.32 Å². The lowest BCUT2D eigenvalue weighted by molar-refractivity contribution is -0.0511. The van der Waals surface area contributed by atoms with Gasteiger partial charge in [-0.2, -0.15) is 0 Å². The number of hydrogen-bond donors (Lipinski definition) is 4. The number of ether oxygens (including phenoxy) is 2. The quantitative estimate of drug-likeness (QED) is 0.416. The number of aryl methyl sites for hydroxylation is 1. The first-order chi connectivity index (χ1) is 16.0. The molecule has 0 bridgehead atoms. The van der Waals surface area contributed by atoms with E-state index in [2.05, 4.69) is 51.5 Å². The summed E-state index contributed by atoms with van der Waals surface area (Å²) in [5.41, 5.74) is 3.38. The van der Waals surface area contributed by atoms with E-state index >= 15 is 0 Å². The largest absolute Gasteiger partial charge is 0.394 e. The van der Waals surface area contributed by atoms with Gasteiger partial charge in [-0.15, -0.1) is 0 Å². The lowest BCUT2D eigenvalue weighted by Gasteiger charge is -2.22. The number of aromatic nitrogens is 4. The van der Waals surface area contributed by atoms with Crippen molar-refractivity contribution in [2.24, 2.45) is 0 Å². The van der Waals surface area contributed by atoms with Crippen molar-refractivity contribution in [2.75, 3.05) is 11.9 Å². The van der Waals surface area contributed by atoms with E-state index < -0.39 is 31.1 Å². The number of imidazole rings is 1. The zero-order valence-electron chi connectivity index (χ0n) is 18.4. The highest BCUT2D eigenvalue weighted by Crippen LogP contribution is 2.33. The molecule has 5 rings (SSSR count). The van der Waals surface area contributed by atoms with Crippen LogP contribution in [0.5, 0.6) is 0 Å². The number of anilines is 1. The highest BCUT2D eigenvalue weighted by molar-refractivity contribution is 5.82. The van der Waals surface area contributed by atoms with E-state index in [0.717, 1.165) is 24.8 Å². The van der Waals surface area contributed by atoms with E-state index in [1.54, 1.807) is 4.57 Å². The molecule has 1 saturated heterocycles. The molecule has 3 heterocycles. The van der Waals surface area contributed by atoms with E-state index in [9.17, 15) is 15.3 Å². The summed E-state index contributed by atoms with van der Waals surface area (Å²) in [7, 11) is 0. The summed E-state index contributed by atoms with van der Waals surface area (Å²) in [6, 6.07) is 8.44. The Labute approximate surface area is 191 Å². The van der Waals surface area contributed by atoms with E-state index in [-0.39, 0.29) is 12.1 Å². The summed E-state index contributed by atoms with van der Waals surface area (Å²) in [5.74, 6) is 0.585. The van der Waals surface area contributed by atoms with Gasteiger partial charge in [0.2, 0.25) is 0 Å². The van der Waals surface area contributed by atoms with Gasteiger partial charge < -0.3 is 30.1 Å². The number of rotatable bonds is 7. The molecule has 4 N–H and O–H groups in total. The second-order valence-corrected chi connectivity index (χ2v) is 8.79. The zero-order chi connectivity index (χ0) is 22.9. The molecule has 10 nitrogen and oxygen atoms in total. The van der Waals surface area contributed by atoms with Crippen molar-refractivity contribution in [2.45, 2.75) is 69.5 Å². The van der Waals surface area contributed by atoms with Crippen LogP contribution in [0.25, 0.3) is 11.2 Å². The number of hydrogen-bond acceptors (Lipinski definition) is 9. The fourth-order valence-corrected chi connectivity index (χ4v) is 4.61. The van der Waals surface area contributed by atoms with Gasteiger partial charge in [0.1, 0.15) is 24.6 Å². The normalized spacial score (nSPS) is 29.7. The van der Waals surface area contributed by atoms with E-state index in [0.29, 0.717) is 23.6 Å². The second kappa shape index (κ2) is 9.32. The number of fused-ring (bicyclic) bond motifs is 1. The first-order valence-electron chi connectivity index (χ1n) is 11.3. The SMILES string of the molecule is Cc1ccc(COC2CCC[C@@H]2Nc2ncnc3c2ncn3C2OC(CO)[C@@H](O)[C@H]2O)cc1. The van der Waals surface area contributed by atoms with Crippen LogP contribution in [0.2, 0.25) is 0 Å². The first kappa shape index (κ1) is 22.2.